The van der Waals surface area contributed by atoms with Gasteiger partial charge in [-0.1, -0.05) is 60.0 Å². The van der Waals surface area contributed by atoms with Crippen molar-refractivity contribution in [2.75, 3.05) is 16.4 Å². The van der Waals surface area contributed by atoms with Gasteiger partial charge in [-0.15, -0.1) is 10.2 Å². The molecule has 0 aliphatic heterocycles. The number of amides is 1. The molecule has 0 aliphatic carbocycles. The highest BCUT2D eigenvalue weighted by Crippen LogP contribution is 2.29. The van der Waals surface area contributed by atoms with Crippen LogP contribution in [-0.4, -0.2) is 27.6 Å². The van der Waals surface area contributed by atoms with Gasteiger partial charge >= 0.3 is 0 Å². The van der Waals surface area contributed by atoms with Crippen LogP contribution in [0.5, 0.6) is 0 Å². The number of thioether (sulfide) groups is 2. The number of rotatable bonds is 8. The standard InChI is InChI=1S/C17H17N3O2S3/c1-2-23-16-18-19-17(25-16)24-12-15(21)20(11-14-9-6-10-22-14)13-7-4-3-5-8-13/h3-10H,2,11-12H2,1H3. The van der Waals surface area contributed by atoms with E-state index in [-0.39, 0.29) is 5.91 Å². The first-order valence-corrected chi connectivity index (χ1v) is 10.5. The van der Waals surface area contributed by atoms with Gasteiger partial charge in [0.2, 0.25) is 5.91 Å². The molecule has 3 rings (SSSR count). The molecule has 0 fully saturated rings. The largest absolute Gasteiger partial charge is 0.467 e. The molecule has 1 aromatic carbocycles. The predicted octanol–water partition coefficient (Wildman–Crippen LogP) is 4.57. The molecule has 0 radical (unpaired) electrons. The van der Waals surface area contributed by atoms with E-state index in [2.05, 4.69) is 17.1 Å². The number of carbonyl (C=O) groups is 1. The highest BCUT2D eigenvalue weighted by Gasteiger charge is 2.18. The summed E-state index contributed by atoms with van der Waals surface area (Å²) in [7, 11) is 0. The lowest BCUT2D eigenvalue weighted by Gasteiger charge is -2.21. The Morgan fingerprint density at radius 2 is 1.88 bits per heavy atom. The van der Waals surface area contributed by atoms with E-state index in [1.54, 1.807) is 22.9 Å². The van der Waals surface area contributed by atoms with E-state index in [0.717, 1.165) is 25.9 Å². The van der Waals surface area contributed by atoms with Crippen molar-refractivity contribution in [3.05, 3.63) is 54.5 Å². The third-order valence-corrected chi connectivity index (χ3v) is 6.29. The average Bonchev–Trinajstić information content (AvgIpc) is 3.30. The second-order valence-corrected chi connectivity index (χ2v) is 8.66. The van der Waals surface area contributed by atoms with Gasteiger partial charge in [0.1, 0.15) is 5.76 Å². The zero-order valence-electron chi connectivity index (χ0n) is 13.6. The Balaban J connectivity index is 1.68. The van der Waals surface area contributed by atoms with Crippen molar-refractivity contribution in [2.45, 2.75) is 22.1 Å². The average molecular weight is 392 g/mol. The van der Waals surface area contributed by atoms with E-state index in [0.29, 0.717) is 12.3 Å². The van der Waals surface area contributed by atoms with Crippen LogP contribution in [0, 0.1) is 0 Å². The Hall–Kier alpha value is -1.77. The van der Waals surface area contributed by atoms with Gasteiger partial charge in [-0.3, -0.25) is 4.79 Å². The molecule has 2 aromatic heterocycles. The molecule has 1 amide bonds. The lowest BCUT2D eigenvalue weighted by atomic mass is 10.2. The number of aromatic nitrogens is 2. The number of furan rings is 1. The normalized spacial score (nSPS) is 10.8. The molecule has 0 saturated heterocycles. The summed E-state index contributed by atoms with van der Waals surface area (Å²) in [6.45, 7) is 2.48. The quantitative estimate of drug-likeness (QED) is 0.524. The van der Waals surface area contributed by atoms with Crippen LogP contribution < -0.4 is 4.90 Å². The fourth-order valence-electron chi connectivity index (χ4n) is 2.13. The first-order chi connectivity index (χ1) is 12.3. The zero-order chi connectivity index (χ0) is 17.5. The van der Waals surface area contributed by atoms with Crippen molar-refractivity contribution in [3.8, 4) is 0 Å². The molecule has 2 heterocycles. The van der Waals surface area contributed by atoms with Crippen LogP contribution in [0.25, 0.3) is 0 Å². The van der Waals surface area contributed by atoms with Crippen molar-refractivity contribution >= 4 is 46.5 Å². The summed E-state index contributed by atoms with van der Waals surface area (Å²) in [6.07, 6.45) is 1.62. The smallest absolute Gasteiger partial charge is 0.237 e. The van der Waals surface area contributed by atoms with Gasteiger partial charge in [0, 0.05) is 5.69 Å². The molecule has 0 spiro atoms. The van der Waals surface area contributed by atoms with Crippen molar-refractivity contribution in [3.63, 3.8) is 0 Å². The molecule has 0 bridgehead atoms. The minimum Gasteiger partial charge on any atom is -0.467 e. The number of hydrogen-bond donors (Lipinski definition) is 0. The van der Waals surface area contributed by atoms with Crippen molar-refractivity contribution in [2.24, 2.45) is 0 Å². The molecule has 3 aromatic rings. The highest BCUT2D eigenvalue weighted by atomic mass is 32.2. The summed E-state index contributed by atoms with van der Waals surface area (Å²) in [5, 5.41) is 8.25. The van der Waals surface area contributed by atoms with Gasteiger partial charge in [-0.25, -0.2) is 0 Å². The zero-order valence-corrected chi connectivity index (χ0v) is 16.1. The molecular formula is C17H17N3O2S3. The van der Waals surface area contributed by atoms with Crippen LogP contribution >= 0.6 is 34.9 Å². The van der Waals surface area contributed by atoms with Crippen LogP contribution in [0.3, 0.4) is 0 Å². The maximum absolute atomic E-state index is 12.8. The number of benzene rings is 1. The van der Waals surface area contributed by atoms with Crippen LogP contribution in [0.4, 0.5) is 5.69 Å². The van der Waals surface area contributed by atoms with E-state index in [4.69, 9.17) is 4.42 Å². The minimum atomic E-state index is 0.00694. The Kier molecular flexibility index (Phi) is 6.55. The fourth-order valence-corrected chi connectivity index (χ4v) is 4.92. The Bertz CT molecular complexity index is 791. The molecule has 0 atom stereocenters. The number of para-hydroxylation sites is 1. The summed E-state index contributed by atoms with van der Waals surface area (Å²) in [4.78, 5) is 14.5. The first kappa shape index (κ1) is 18.0. The molecule has 5 nitrogen and oxygen atoms in total. The monoisotopic (exact) mass is 391 g/mol. The Morgan fingerprint density at radius 1 is 1.12 bits per heavy atom. The molecule has 0 saturated carbocycles. The van der Waals surface area contributed by atoms with Gasteiger partial charge in [0.05, 0.1) is 18.6 Å². The van der Waals surface area contributed by atoms with Gasteiger partial charge < -0.3 is 9.32 Å². The van der Waals surface area contributed by atoms with Crippen LogP contribution in [0.2, 0.25) is 0 Å². The van der Waals surface area contributed by atoms with E-state index in [9.17, 15) is 4.79 Å². The number of anilines is 1. The maximum Gasteiger partial charge on any atom is 0.237 e. The Labute approximate surface area is 158 Å². The first-order valence-electron chi connectivity index (χ1n) is 7.73. The van der Waals surface area contributed by atoms with Crippen molar-refractivity contribution in [1.82, 2.24) is 10.2 Å². The fraction of sp³-hybridized carbons (Fsp3) is 0.235. The number of hydrogen-bond acceptors (Lipinski definition) is 7. The highest BCUT2D eigenvalue weighted by molar-refractivity contribution is 8.03. The molecule has 0 aliphatic rings. The molecule has 0 unspecified atom stereocenters. The third-order valence-electron chi connectivity index (χ3n) is 3.24. The van der Waals surface area contributed by atoms with Crippen molar-refractivity contribution < 1.29 is 9.21 Å². The lowest BCUT2D eigenvalue weighted by molar-refractivity contribution is -0.116. The van der Waals surface area contributed by atoms with Crippen molar-refractivity contribution in [1.29, 1.82) is 0 Å². The van der Waals surface area contributed by atoms with Gasteiger partial charge in [0.15, 0.2) is 8.68 Å². The Morgan fingerprint density at radius 3 is 2.56 bits per heavy atom. The second-order valence-electron chi connectivity index (χ2n) is 4.95. The topological polar surface area (TPSA) is 59.2 Å². The van der Waals surface area contributed by atoms with Gasteiger partial charge in [-0.05, 0) is 30.0 Å². The van der Waals surface area contributed by atoms with Crippen LogP contribution in [0.15, 0.2) is 61.8 Å². The molecule has 130 valence electrons. The second kappa shape index (κ2) is 9.07. The minimum absolute atomic E-state index is 0.00694. The molecule has 8 heteroatoms. The lowest BCUT2D eigenvalue weighted by Crippen LogP contribution is -2.31. The number of carbonyl (C=O) groups excluding carboxylic acids is 1. The molecule has 25 heavy (non-hydrogen) atoms. The van der Waals surface area contributed by atoms with Crippen LogP contribution in [0.1, 0.15) is 12.7 Å². The van der Waals surface area contributed by atoms with E-state index in [1.165, 1.54) is 23.1 Å². The van der Waals surface area contributed by atoms with Gasteiger partial charge in [0.25, 0.3) is 0 Å². The third kappa shape index (κ3) is 5.10. The summed E-state index contributed by atoms with van der Waals surface area (Å²) in [5.41, 5.74) is 0.851. The summed E-state index contributed by atoms with van der Waals surface area (Å²) < 4.78 is 7.16. The molecule has 0 N–H and O–H groups in total. The SMILES string of the molecule is CCSc1nnc(SCC(=O)N(Cc2ccco2)c2ccccc2)s1. The molecular weight excluding hydrogens is 374 g/mol. The summed E-state index contributed by atoms with van der Waals surface area (Å²) in [6, 6.07) is 13.3. The van der Waals surface area contributed by atoms with Crippen LogP contribution in [-0.2, 0) is 11.3 Å². The van der Waals surface area contributed by atoms with E-state index in [1.807, 2.05) is 42.5 Å². The maximum atomic E-state index is 12.8. The van der Waals surface area contributed by atoms with E-state index < -0.39 is 0 Å². The summed E-state index contributed by atoms with van der Waals surface area (Å²) >= 11 is 4.61. The summed E-state index contributed by atoms with van der Waals surface area (Å²) in [5.74, 6) is 2.02. The predicted molar refractivity (Wildman–Crippen MR) is 103 cm³/mol. The van der Waals surface area contributed by atoms with Gasteiger partial charge in [-0.2, -0.15) is 0 Å². The number of nitrogens with zero attached hydrogens (tertiary/aromatic N) is 3. The van der Waals surface area contributed by atoms with E-state index >= 15 is 0 Å².